The minimum Gasteiger partial charge on any atom is -0.343 e. The monoisotopic (exact) mass is 340 g/mol. The maximum Gasteiger partial charge on any atom is 0.252 e. The lowest BCUT2D eigenvalue weighted by Gasteiger charge is -2.11. The first-order valence-electron chi connectivity index (χ1n) is 7.40. The van der Waals surface area contributed by atoms with Crippen LogP contribution in [0.25, 0.3) is 11.3 Å². The van der Waals surface area contributed by atoms with Gasteiger partial charge in [0.25, 0.3) is 5.91 Å². The molecule has 122 valence electrons. The number of hydrogen-bond acceptors (Lipinski definition) is 5. The Morgan fingerprint density at radius 3 is 2.92 bits per heavy atom. The Morgan fingerprint density at radius 2 is 2.21 bits per heavy atom. The molecular formula is C17H16N4O2S. The molecule has 24 heavy (non-hydrogen) atoms. The SMILES string of the molecule is Cc1cc(C(=O)N[C@@H](C)c2nc(-c3cccnc3)cs2)cc(=O)[nH]1. The van der Waals surface area contributed by atoms with E-state index in [4.69, 9.17) is 0 Å². The number of rotatable bonds is 4. The number of H-pyrrole nitrogens is 1. The molecule has 3 aromatic rings. The summed E-state index contributed by atoms with van der Waals surface area (Å²) in [5.74, 6) is -0.296. The summed E-state index contributed by atoms with van der Waals surface area (Å²) in [7, 11) is 0. The fourth-order valence-electron chi connectivity index (χ4n) is 2.29. The number of pyridine rings is 2. The number of nitrogens with zero attached hydrogens (tertiary/aromatic N) is 2. The van der Waals surface area contributed by atoms with Crippen LogP contribution in [-0.2, 0) is 0 Å². The van der Waals surface area contributed by atoms with Crippen molar-refractivity contribution in [3.05, 3.63) is 68.7 Å². The second-order valence-electron chi connectivity index (χ2n) is 5.42. The number of aromatic amines is 1. The lowest BCUT2D eigenvalue weighted by Crippen LogP contribution is -2.27. The molecule has 0 aliphatic rings. The summed E-state index contributed by atoms with van der Waals surface area (Å²) in [5, 5.41) is 5.60. The van der Waals surface area contributed by atoms with Crippen molar-refractivity contribution < 1.29 is 4.79 Å². The quantitative estimate of drug-likeness (QED) is 0.764. The van der Waals surface area contributed by atoms with Gasteiger partial charge < -0.3 is 10.3 Å². The fourth-order valence-corrected chi connectivity index (χ4v) is 3.12. The maximum atomic E-state index is 12.3. The highest BCUT2D eigenvalue weighted by molar-refractivity contribution is 7.10. The van der Waals surface area contributed by atoms with E-state index in [1.165, 1.54) is 17.4 Å². The molecule has 0 saturated heterocycles. The number of amides is 1. The van der Waals surface area contributed by atoms with Crippen LogP contribution in [0.5, 0.6) is 0 Å². The molecule has 3 aromatic heterocycles. The van der Waals surface area contributed by atoms with Crippen LogP contribution in [0.4, 0.5) is 0 Å². The first-order valence-corrected chi connectivity index (χ1v) is 8.28. The van der Waals surface area contributed by atoms with Gasteiger partial charge in [-0.25, -0.2) is 4.98 Å². The van der Waals surface area contributed by atoms with Crippen molar-refractivity contribution in [1.29, 1.82) is 0 Å². The van der Waals surface area contributed by atoms with E-state index >= 15 is 0 Å². The summed E-state index contributed by atoms with van der Waals surface area (Å²) in [4.78, 5) is 35.1. The summed E-state index contributed by atoms with van der Waals surface area (Å²) < 4.78 is 0. The van der Waals surface area contributed by atoms with Crippen LogP contribution in [0.3, 0.4) is 0 Å². The van der Waals surface area contributed by atoms with Crippen molar-refractivity contribution in [3.63, 3.8) is 0 Å². The van der Waals surface area contributed by atoms with Crippen LogP contribution in [-0.4, -0.2) is 20.9 Å². The Kier molecular flexibility index (Phi) is 4.52. The standard InChI is InChI=1S/C17H16N4O2S/c1-10-6-13(7-15(22)19-10)16(23)20-11(2)17-21-14(9-24-17)12-4-3-5-18-8-12/h3-9,11H,1-2H3,(H,19,22)(H,20,23)/t11-/m0/s1. The van der Waals surface area contributed by atoms with Gasteiger partial charge in [-0.15, -0.1) is 11.3 Å². The first-order chi connectivity index (χ1) is 11.5. The Morgan fingerprint density at radius 1 is 1.38 bits per heavy atom. The molecule has 6 nitrogen and oxygen atoms in total. The predicted molar refractivity (Wildman–Crippen MR) is 93.0 cm³/mol. The topological polar surface area (TPSA) is 87.7 Å². The van der Waals surface area contributed by atoms with Gasteiger partial charge in [0, 0.05) is 40.7 Å². The van der Waals surface area contributed by atoms with Crippen LogP contribution in [0.15, 0.2) is 46.8 Å². The van der Waals surface area contributed by atoms with Gasteiger partial charge >= 0.3 is 0 Å². The van der Waals surface area contributed by atoms with Crippen LogP contribution in [0, 0.1) is 6.92 Å². The molecule has 0 fully saturated rings. The fraction of sp³-hybridized carbons (Fsp3) is 0.176. The van der Waals surface area contributed by atoms with E-state index in [2.05, 4.69) is 20.3 Å². The van der Waals surface area contributed by atoms with Gasteiger partial charge in [0.15, 0.2) is 0 Å². The van der Waals surface area contributed by atoms with E-state index in [9.17, 15) is 9.59 Å². The molecule has 1 amide bonds. The van der Waals surface area contributed by atoms with Crippen LogP contribution >= 0.6 is 11.3 Å². The van der Waals surface area contributed by atoms with Gasteiger partial charge in [0.2, 0.25) is 5.56 Å². The van der Waals surface area contributed by atoms with Crippen molar-refractivity contribution in [2.45, 2.75) is 19.9 Å². The number of carbonyl (C=O) groups excluding carboxylic acids is 1. The minimum atomic E-state index is -0.296. The average molecular weight is 340 g/mol. The van der Waals surface area contributed by atoms with Crippen LogP contribution in [0.2, 0.25) is 0 Å². The van der Waals surface area contributed by atoms with Gasteiger partial charge in [-0.2, -0.15) is 0 Å². The highest BCUT2D eigenvalue weighted by Crippen LogP contribution is 2.24. The molecule has 3 rings (SSSR count). The van der Waals surface area contributed by atoms with E-state index in [1.54, 1.807) is 25.4 Å². The lowest BCUT2D eigenvalue weighted by atomic mass is 10.2. The molecule has 3 heterocycles. The van der Waals surface area contributed by atoms with Crippen molar-refractivity contribution >= 4 is 17.2 Å². The number of aryl methyl sites for hydroxylation is 1. The highest BCUT2D eigenvalue weighted by atomic mass is 32.1. The molecule has 0 bridgehead atoms. The van der Waals surface area contributed by atoms with Gasteiger partial charge in [-0.05, 0) is 32.0 Å². The van der Waals surface area contributed by atoms with Gasteiger partial charge in [-0.1, -0.05) is 0 Å². The largest absolute Gasteiger partial charge is 0.343 e. The number of thiazole rings is 1. The minimum absolute atomic E-state index is 0.257. The van der Waals surface area contributed by atoms with Crippen LogP contribution < -0.4 is 10.9 Å². The normalized spacial score (nSPS) is 11.9. The summed E-state index contributed by atoms with van der Waals surface area (Å²) in [6.07, 6.45) is 3.46. The smallest absolute Gasteiger partial charge is 0.252 e. The second kappa shape index (κ2) is 6.76. The first kappa shape index (κ1) is 16.1. The molecule has 0 aromatic carbocycles. The number of carbonyl (C=O) groups is 1. The van der Waals surface area contributed by atoms with Crippen molar-refractivity contribution in [2.24, 2.45) is 0 Å². The number of hydrogen-bond donors (Lipinski definition) is 2. The zero-order valence-corrected chi connectivity index (χ0v) is 14.1. The molecule has 0 spiro atoms. The molecule has 0 aliphatic carbocycles. The van der Waals surface area contributed by atoms with E-state index in [0.29, 0.717) is 11.3 Å². The van der Waals surface area contributed by atoms with E-state index in [-0.39, 0.29) is 17.5 Å². The molecular weight excluding hydrogens is 324 g/mol. The summed E-state index contributed by atoms with van der Waals surface area (Å²) in [6, 6.07) is 6.47. The van der Waals surface area contributed by atoms with Crippen LogP contribution in [0.1, 0.15) is 34.0 Å². The summed E-state index contributed by atoms with van der Waals surface area (Å²) in [6.45, 7) is 3.60. The van der Waals surface area contributed by atoms with Crippen molar-refractivity contribution in [1.82, 2.24) is 20.3 Å². The molecule has 0 radical (unpaired) electrons. The molecule has 0 aliphatic heterocycles. The third kappa shape index (κ3) is 3.57. The molecule has 1 atom stereocenters. The zero-order valence-electron chi connectivity index (χ0n) is 13.2. The Balaban J connectivity index is 1.75. The van der Waals surface area contributed by atoms with Gasteiger partial charge in [-0.3, -0.25) is 14.6 Å². The van der Waals surface area contributed by atoms with Gasteiger partial charge in [0.1, 0.15) is 5.01 Å². The summed E-state index contributed by atoms with van der Waals surface area (Å²) >= 11 is 1.47. The Hall–Kier alpha value is -2.80. The molecule has 0 saturated carbocycles. The molecule has 7 heteroatoms. The average Bonchev–Trinajstić information content (AvgIpc) is 3.05. The molecule has 0 unspecified atom stereocenters. The third-order valence-electron chi connectivity index (χ3n) is 3.44. The van der Waals surface area contributed by atoms with Gasteiger partial charge in [0.05, 0.1) is 11.7 Å². The zero-order chi connectivity index (χ0) is 17.1. The van der Waals surface area contributed by atoms with Crippen molar-refractivity contribution in [2.75, 3.05) is 0 Å². The Labute approximate surface area is 142 Å². The highest BCUT2D eigenvalue weighted by Gasteiger charge is 2.16. The number of nitrogens with one attached hydrogen (secondary N) is 2. The number of aromatic nitrogens is 3. The van der Waals surface area contributed by atoms with E-state index in [1.807, 2.05) is 24.4 Å². The van der Waals surface area contributed by atoms with Crippen molar-refractivity contribution in [3.8, 4) is 11.3 Å². The van der Waals surface area contributed by atoms with E-state index < -0.39 is 0 Å². The Bertz CT molecular complexity index is 918. The maximum absolute atomic E-state index is 12.3. The third-order valence-corrected chi connectivity index (χ3v) is 4.47. The predicted octanol–water partition coefficient (Wildman–Crippen LogP) is 2.69. The van der Waals surface area contributed by atoms with E-state index in [0.717, 1.165) is 16.3 Å². The lowest BCUT2D eigenvalue weighted by molar-refractivity contribution is 0.0939. The summed E-state index contributed by atoms with van der Waals surface area (Å²) in [5.41, 5.74) is 2.46. The second-order valence-corrected chi connectivity index (χ2v) is 6.31. The molecule has 2 N–H and O–H groups in total.